The molecule has 1 saturated carbocycles. The molecule has 158 valence electrons. The van der Waals surface area contributed by atoms with Gasteiger partial charge in [0, 0.05) is 18.6 Å². The fraction of sp³-hybridized carbons (Fsp3) is 0.417. The Hall–Kier alpha value is -3.40. The monoisotopic (exact) mass is 415 g/mol. The van der Waals surface area contributed by atoms with E-state index < -0.39 is 0 Å². The van der Waals surface area contributed by atoms with E-state index in [1.807, 2.05) is 36.1 Å². The molecule has 0 bridgehead atoms. The number of hydrogen-bond acceptors (Lipinski definition) is 6. The lowest BCUT2D eigenvalue weighted by Gasteiger charge is -2.32. The fourth-order valence-electron chi connectivity index (χ4n) is 4.40. The third-order valence-electron chi connectivity index (χ3n) is 6.59. The Kier molecular flexibility index (Phi) is 4.66. The van der Waals surface area contributed by atoms with Crippen LogP contribution in [0.15, 0.2) is 35.0 Å². The number of nitrogens with zero attached hydrogens (tertiary/aromatic N) is 4. The number of rotatable bonds is 4. The smallest absolute Gasteiger partial charge is 0.258 e. The molecule has 1 aliphatic carbocycles. The van der Waals surface area contributed by atoms with Crippen molar-refractivity contribution in [2.24, 2.45) is 0 Å². The molecule has 1 N–H and O–H groups in total. The van der Waals surface area contributed by atoms with Crippen molar-refractivity contribution in [2.45, 2.75) is 51.0 Å². The van der Waals surface area contributed by atoms with Gasteiger partial charge >= 0.3 is 0 Å². The second-order valence-electron chi connectivity index (χ2n) is 8.92. The quantitative estimate of drug-likeness (QED) is 0.679. The van der Waals surface area contributed by atoms with E-state index in [0.29, 0.717) is 52.8 Å². The lowest BCUT2D eigenvalue weighted by Crippen LogP contribution is -2.38. The van der Waals surface area contributed by atoms with Crippen LogP contribution in [-0.2, 0) is 0 Å². The van der Waals surface area contributed by atoms with E-state index in [4.69, 9.17) is 9.68 Å². The van der Waals surface area contributed by atoms with Crippen LogP contribution in [0.5, 0.6) is 0 Å². The topological polar surface area (TPSA) is 95.1 Å². The van der Waals surface area contributed by atoms with Crippen molar-refractivity contribution in [1.29, 1.82) is 5.26 Å². The van der Waals surface area contributed by atoms with Crippen LogP contribution in [0.25, 0.3) is 11.1 Å². The van der Waals surface area contributed by atoms with E-state index in [2.05, 4.69) is 28.3 Å². The number of fused-ring (bicyclic) bond motifs is 1. The van der Waals surface area contributed by atoms with Gasteiger partial charge in [0.05, 0.1) is 22.6 Å². The number of aromatic nitrogens is 2. The first-order valence-electron chi connectivity index (χ1n) is 10.8. The third kappa shape index (κ3) is 3.63. The molecule has 31 heavy (non-hydrogen) atoms. The van der Waals surface area contributed by atoms with Crippen LogP contribution in [-0.4, -0.2) is 39.4 Å². The lowest BCUT2D eigenvalue weighted by atomic mass is 9.89. The zero-order valence-corrected chi connectivity index (χ0v) is 17.8. The van der Waals surface area contributed by atoms with Crippen molar-refractivity contribution in [3.63, 3.8) is 0 Å². The van der Waals surface area contributed by atoms with E-state index in [-0.39, 0.29) is 11.4 Å². The summed E-state index contributed by atoms with van der Waals surface area (Å²) in [6.07, 6.45) is 5.44. The molecule has 7 nitrogen and oxygen atoms in total. The molecule has 2 fully saturated rings. The Morgan fingerprint density at radius 2 is 1.94 bits per heavy atom. The minimum atomic E-state index is -0.0201. The van der Waals surface area contributed by atoms with Crippen molar-refractivity contribution in [3.8, 4) is 6.07 Å². The maximum atomic E-state index is 13.5. The number of aryl methyl sites for hydroxylation is 1. The highest BCUT2D eigenvalue weighted by Gasteiger charge is 2.39. The predicted octanol–water partition coefficient (Wildman–Crippen LogP) is 4.39. The summed E-state index contributed by atoms with van der Waals surface area (Å²) in [5, 5.41) is 13.2. The minimum Gasteiger partial charge on any atom is -0.442 e. The number of benzene rings is 1. The van der Waals surface area contributed by atoms with Crippen LogP contribution in [0.3, 0.4) is 0 Å². The highest BCUT2D eigenvalue weighted by atomic mass is 16.3. The largest absolute Gasteiger partial charge is 0.442 e. The third-order valence-corrected chi connectivity index (χ3v) is 6.59. The summed E-state index contributed by atoms with van der Waals surface area (Å²) >= 11 is 0. The van der Waals surface area contributed by atoms with Crippen LogP contribution in [0.4, 0.5) is 5.82 Å². The summed E-state index contributed by atoms with van der Waals surface area (Å²) in [7, 11) is 0. The van der Waals surface area contributed by atoms with Gasteiger partial charge in [-0.25, -0.2) is 9.97 Å². The number of hydrogen-bond donors (Lipinski definition) is 1. The zero-order chi connectivity index (χ0) is 21.6. The van der Waals surface area contributed by atoms with E-state index in [1.165, 1.54) is 11.9 Å². The Morgan fingerprint density at radius 3 is 2.58 bits per heavy atom. The highest BCUT2D eigenvalue weighted by molar-refractivity contribution is 6.10. The second kappa shape index (κ2) is 7.38. The summed E-state index contributed by atoms with van der Waals surface area (Å²) in [5.41, 5.74) is 2.96. The summed E-state index contributed by atoms with van der Waals surface area (Å²) in [4.78, 5) is 24.1. The van der Waals surface area contributed by atoms with Gasteiger partial charge in [-0.15, -0.1) is 0 Å². The molecule has 7 heteroatoms. The fourth-order valence-corrected chi connectivity index (χ4v) is 4.40. The second-order valence-corrected chi connectivity index (χ2v) is 8.92. The van der Waals surface area contributed by atoms with Crippen molar-refractivity contribution in [1.82, 2.24) is 14.9 Å². The summed E-state index contributed by atoms with van der Waals surface area (Å²) in [5.74, 6) is 1.64. The van der Waals surface area contributed by atoms with Crippen LogP contribution in [0, 0.1) is 18.3 Å². The van der Waals surface area contributed by atoms with Gasteiger partial charge in [-0.05, 0) is 63.1 Å². The number of anilines is 1. The number of carbonyl (C=O) groups is 1. The first-order valence-corrected chi connectivity index (χ1v) is 10.8. The molecular weight excluding hydrogens is 390 g/mol. The molecule has 5 rings (SSSR count). The van der Waals surface area contributed by atoms with Crippen LogP contribution in [0.1, 0.15) is 65.8 Å². The maximum Gasteiger partial charge on any atom is 0.258 e. The molecule has 0 radical (unpaired) electrons. The number of nitriles is 1. The van der Waals surface area contributed by atoms with E-state index >= 15 is 0 Å². The summed E-state index contributed by atoms with van der Waals surface area (Å²) in [6, 6.07) is 9.95. The standard InChI is InChI=1S/C24H25N5O2/c1-15-19(20-21(28-24(2)9-10-24)26-14-27-22(20)31-15)23(30)29-11-7-18(8-12-29)17-5-3-16(13-25)4-6-17/h3-6,14,18H,7-12H2,1-2H3,(H,26,27,28). The van der Waals surface area contributed by atoms with E-state index in [9.17, 15) is 4.79 Å². The molecule has 0 unspecified atom stereocenters. The van der Waals surface area contributed by atoms with Gasteiger partial charge in [-0.2, -0.15) is 5.26 Å². The average molecular weight is 415 g/mol. The van der Waals surface area contributed by atoms with Gasteiger partial charge in [0.25, 0.3) is 5.91 Å². The predicted molar refractivity (Wildman–Crippen MR) is 117 cm³/mol. The molecule has 2 aliphatic rings. The van der Waals surface area contributed by atoms with Crippen LogP contribution < -0.4 is 5.32 Å². The Bertz CT molecular complexity index is 1180. The molecule has 1 aromatic carbocycles. The van der Waals surface area contributed by atoms with Crippen molar-refractivity contribution in [3.05, 3.63) is 53.0 Å². The average Bonchev–Trinajstić information content (AvgIpc) is 3.41. The van der Waals surface area contributed by atoms with Crippen molar-refractivity contribution in [2.75, 3.05) is 18.4 Å². The SMILES string of the molecule is Cc1oc2ncnc(NC3(C)CC3)c2c1C(=O)N1CCC(c2ccc(C#N)cc2)CC1. The molecule has 3 heterocycles. The van der Waals surface area contributed by atoms with Gasteiger partial charge in [-0.1, -0.05) is 12.1 Å². The van der Waals surface area contributed by atoms with E-state index in [1.54, 1.807) is 0 Å². The molecule has 2 aromatic heterocycles. The minimum absolute atomic E-state index is 0.0201. The number of nitrogens with one attached hydrogen (secondary N) is 1. The molecule has 1 aliphatic heterocycles. The number of carbonyl (C=O) groups excluding carboxylic acids is 1. The van der Waals surface area contributed by atoms with Gasteiger partial charge in [0.15, 0.2) is 0 Å². The number of amides is 1. The maximum absolute atomic E-state index is 13.5. The number of piperidine rings is 1. The van der Waals surface area contributed by atoms with Crippen molar-refractivity contribution < 1.29 is 9.21 Å². The van der Waals surface area contributed by atoms with Crippen LogP contribution >= 0.6 is 0 Å². The normalized spacial score (nSPS) is 18.0. The van der Waals surface area contributed by atoms with Gasteiger partial charge < -0.3 is 14.6 Å². The summed E-state index contributed by atoms with van der Waals surface area (Å²) in [6.45, 7) is 5.35. The van der Waals surface area contributed by atoms with Crippen molar-refractivity contribution >= 4 is 22.8 Å². The van der Waals surface area contributed by atoms with Gasteiger partial charge in [-0.3, -0.25) is 4.79 Å². The number of furan rings is 1. The first-order chi connectivity index (χ1) is 15.0. The van der Waals surface area contributed by atoms with Crippen LogP contribution in [0.2, 0.25) is 0 Å². The first kappa shape index (κ1) is 19.6. The zero-order valence-electron chi connectivity index (χ0n) is 17.8. The molecule has 0 spiro atoms. The lowest BCUT2D eigenvalue weighted by molar-refractivity contribution is 0.0713. The molecule has 1 saturated heterocycles. The Labute approximate surface area is 181 Å². The Morgan fingerprint density at radius 1 is 1.23 bits per heavy atom. The molecule has 1 amide bonds. The molecule has 3 aromatic rings. The van der Waals surface area contributed by atoms with E-state index in [0.717, 1.165) is 25.7 Å². The highest BCUT2D eigenvalue weighted by Crippen LogP contribution is 2.40. The van der Waals surface area contributed by atoms with Gasteiger partial charge in [0.1, 0.15) is 17.9 Å². The Balaban J connectivity index is 1.37. The molecule has 0 atom stereocenters. The summed E-state index contributed by atoms with van der Waals surface area (Å²) < 4.78 is 5.83. The van der Waals surface area contributed by atoms with Gasteiger partial charge in [0.2, 0.25) is 5.71 Å². The molecular formula is C24H25N5O2. The number of likely N-dealkylation sites (tertiary alicyclic amines) is 1.